The number of nitrogens with zero attached hydrogens (tertiary/aromatic N) is 2. The molecule has 0 atom stereocenters. The molecule has 1 fully saturated rings. The monoisotopic (exact) mass is 283 g/mol. The Bertz CT molecular complexity index is 577. The van der Waals surface area contributed by atoms with Gasteiger partial charge in [-0.3, -0.25) is 0 Å². The molecule has 1 heterocycles. The van der Waals surface area contributed by atoms with E-state index >= 15 is 0 Å². The molecule has 0 aliphatic heterocycles. The number of nitrogens with one attached hydrogen (secondary N) is 1. The third-order valence-electron chi connectivity index (χ3n) is 4.39. The first kappa shape index (κ1) is 14.2. The van der Waals surface area contributed by atoms with Crippen molar-refractivity contribution < 1.29 is 0 Å². The smallest absolute Gasteiger partial charge is 0.203 e. The number of aromatic nitrogens is 2. The maximum absolute atomic E-state index is 4.67. The van der Waals surface area contributed by atoms with Gasteiger partial charge < -0.3 is 9.88 Å². The van der Waals surface area contributed by atoms with Gasteiger partial charge in [-0.1, -0.05) is 49.1 Å². The summed E-state index contributed by atoms with van der Waals surface area (Å²) < 4.78 is 2.36. The summed E-state index contributed by atoms with van der Waals surface area (Å²) in [6.07, 6.45) is 8.85. The number of rotatable bonds is 4. The van der Waals surface area contributed by atoms with Crippen LogP contribution in [0.15, 0.2) is 30.5 Å². The summed E-state index contributed by atoms with van der Waals surface area (Å²) in [5.74, 6) is 1.03. The Labute approximate surface area is 127 Å². The minimum Gasteiger partial charge on any atom is -0.352 e. The van der Waals surface area contributed by atoms with E-state index in [0.717, 1.165) is 18.2 Å². The molecule has 2 aromatic rings. The maximum Gasteiger partial charge on any atom is 0.203 e. The number of aryl methyl sites for hydroxylation is 2. The molecular weight excluding hydrogens is 258 g/mol. The van der Waals surface area contributed by atoms with E-state index in [2.05, 4.69) is 59.2 Å². The van der Waals surface area contributed by atoms with E-state index in [0.29, 0.717) is 6.04 Å². The zero-order valence-corrected chi connectivity index (χ0v) is 13.1. The van der Waals surface area contributed by atoms with E-state index in [1.54, 1.807) is 0 Å². The fourth-order valence-corrected chi connectivity index (χ4v) is 3.17. The molecule has 0 radical (unpaired) electrons. The summed E-state index contributed by atoms with van der Waals surface area (Å²) >= 11 is 0. The van der Waals surface area contributed by atoms with Crippen molar-refractivity contribution in [3.8, 4) is 0 Å². The Kier molecular flexibility index (Phi) is 4.28. The Balaban J connectivity index is 1.71. The fourth-order valence-electron chi connectivity index (χ4n) is 3.17. The van der Waals surface area contributed by atoms with Crippen LogP contribution in [0.2, 0.25) is 0 Å². The molecule has 112 valence electrons. The van der Waals surface area contributed by atoms with Crippen LogP contribution < -0.4 is 5.32 Å². The minimum atomic E-state index is 0.625. The molecule has 1 aromatic heterocycles. The highest BCUT2D eigenvalue weighted by atomic mass is 15.2. The summed E-state index contributed by atoms with van der Waals surface area (Å²) in [7, 11) is 0. The molecule has 0 saturated heterocycles. The standard InChI is InChI=1S/C18H25N3/c1-14-8-10-16(11-9-14)12-19-18-20-15(2)13-21(18)17-6-4-3-5-7-17/h8-11,13,17H,3-7,12H2,1-2H3,(H,19,20). The summed E-state index contributed by atoms with van der Waals surface area (Å²) in [5, 5.41) is 3.52. The van der Waals surface area contributed by atoms with E-state index in [-0.39, 0.29) is 0 Å². The van der Waals surface area contributed by atoms with Crippen LogP contribution in [0.1, 0.15) is 55.0 Å². The third-order valence-corrected chi connectivity index (χ3v) is 4.39. The van der Waals surface area contributed by atoms with Crippen LogP contribution in [0.5, 0.6) is 0 Å². The molecule has 0 spiro atoms. The van der Waals surface area contributed by atoms with Crippen LogP contribution in [-0.4, -0.2) is 9.55 Å². The number of hydrogen-bond acceptors (Lipinski definition) is 2. The van der Waals surface area contributed by atoms with Crippen molar-refractivity contribution in [1.82, 2.24) is 9.55 Å². The predicted octanol–water partition coefficient (Wildman–Crippen LogP) is 4.62. The third kappa shape index (κ3) is 3.46. The van der Waals surface area contributed by atoms with Crippen LogP contribution in [0, 0.1) is 13.8 Å². The van der Waals surface area contributed by atoms with E-state index in [9.17, 15) is 0 Å². The summed E-state index contributed by atoms with van der Waals surface area (Å²) in [5.41, 5.74) is 3.71. The second kappa shape index (κ2) is 6.33. The number of imidazole rings is 1. The van der Waals surface area contributed by atoms with Gasteiger partial charge in [0.05, 0.1) is 5.69 Å². The first-order chi connectivity index (χ1) is 10.2. The Morgan fingerprint density at radius 3 is 2.52 bits per heavy atom. The SMILES string of the molecule is Cc1ccc(CNc2nc(C)cn2C2CCCCC2)cc1. The molecule has 1 aromatic carbocycles. The molecule has 3 heteroatoms. The van der Waals surface area contributed by atoms with Gasteiger partial charge in [0.1, 0.15) is 0 Å². The molecule has 21 heavy (non-hydrogen) atoms. The molecule has 3 nitrogen and oxygen atoms in total. The topological polar surface area (TPSA) is 29.9 Å². The lowest BCUT2D eigenvalue weighted by Gasteiger charge is -2.24. The number of anilines is 1. The summed E-state index contributed by atoms with van der Waals surface area (Å²) in [4.78, 5) is 4.67. The van der Waals surface area contributed by atoms with Crippen molar-refractivity contribution >= 4 is 5.95 Å². The molecular formula is C18H25N3. The predicted molar refractivity (Wildman–Crippen MR) is 87.6 cm³/mol. The van der Waals surface area contributed by atoms with E-state index in [1.165, 1.54) is 43.2 Å². The van der Waals surface area contributed by atoms with Gasteiger partial charge in [0.2, 0.25) is 5.95 Å². The van der Waals surface area contributed by atoms with Gasteiger partial charge >= 0.3 is 0 Å². The van der Waals surface area contributed by atoms with Crippen LogP contribution in [0.3, 0.4) is 0 Å². The van der Waals surface area contributed by atoms with Crippen LogP contribution >= 0.6 is 0 Å². The second-order valence-electron chi connectivity index (χ2n) is 6.24. The second-order valence-corrected chi connectivity index (χ2v) is 6.24. The van der Waals surface area contributed by atoms with Crippen molar-refractivity contribution in [1.29, 1.82) is 0 Å². The molecule has 1 aliphatic carbocycles. The molecule has 3 rings (SSSR count). The highest BCUT2D eigenvalue weighted by molar-refractivity contribution is 5.32. The fraction of sp³-hybridized carbons (Fsp3) is 0.500. The van der Waals surface area contributed by atoms with Crippen LogP contribution in [-0.2, 0) is 6.54 Å². The van der Waals surface area contributed by atoms with Crippen molar-refractivity contribution in [2.24, 2.45) is 0 Å². The van der Waals surface area contributed by atoms with Crippen LogP contribution in [0.4, 0.5) is 5.95 Å². The van der Waals surface area contributed by atoms with Gasteiger partial charge in [-0.05, 0) is 32.3 Å². The Hall–Kier alpha value is -1.77. The quantitative estimate of drug-likeness (QED) is 0.887. The molecule has 1 saturated carbocycles. The lowest BCUT2D eigenvalue weighted by molar-refractivity contribution is 0.355. The van der Waals surface area contributed by atoms with Crippen molar-refractivity contribution in [3.63, 3.8) is 0 Å². The minimum absolute atomic E-state index is 0.625. The van der Waals surface area contributed by atoms with E-state index in [1.807, 2.05) is 0 Å². The summed E-state index contributed by atoms with van der Waals surface area (Å²) in [6.45, 7) is 5.04. The average Bonchev–Trinajstić information content (AvgIpc) is 2.89. The van der Waals surface area contributed by atoms with Gasteiger partial charge in [-0.25, -0.2) is 4.98 Å². The highest BCUT2D eigenvalue weighted by Gasteiger charge is 2.18. The van der Waals surface area contributed by atoms with Gasteiger partial charge in [-0.2, -0.15) is 0 Å². The van der Waals surface area contributed by atoms with Crippen molar-refractivity contribution in [2.75, 3.05) is 5.32 Å². The van der Waals surface area contributed by atoms with E-state index in [4.69, 9.17) is 0 Å². The molecule has 1 N–H and O–H groups in total. The zero-order chi connectivity index (χ0) is 14.7. The Morgan fingerprint density at radius 1 is 1.10 bits per heavy atom. The largest absolute Gasteiger partial charge is 0.352 e. The maximum atomic E-state index is 4.67. The Morgan fingerprint density at radius 2 is 1.81 bits per heavy atom. The molecule has 0 amide bonds. The molecule has 0 bridgehead atoms. The van der Waals surface area contributed by atoms with Crippen LogP contribution in [0.25, 0.3) is 0 Å². The average molecular weight is 283 g/mol. The summed E-state index contributed by atoms with van der Waals surface area (Å²) in [6, 6.07) is 9.32. The zero-order valence-electron chi connectivity index (χ0n) is 13.1. The number of hydrogen-bond donors (Lipinski definition) is 1. The first-order valence-electron chi connectivity index (χ1n) is 8.07. The van der Waals surface area contributed by atoms with Gasteiger partial charge in [0, 0.05) is 18.8 Å². The first-order valence-corrected chi connectivity index (χ1v) is 8.07. The van der Waals surface area contributed by atoms with Gasteiger partial charge in [0.25, 0.3) is 0 Å². The molecule has 1 aliphatic rings. The van der Waals surface area contributed by atoms with E-state index < -0.39 is 0 Å². The highest BCUT2D eigenvalue weighted by Crippen LogP contribution is 2.30. The van der Waals surface area contributed by atoms with Crippen molar-refractivity contribution in [2.45, 2.75) is 58.5 Å². The number of benzene rings is 1. The van der Waals surface area contributed by atoms with Crippen molar-refractivity contribution in [3.05, 3.63) is 47.3 Å². The lowest BCUT2D eigenvalue weighted by Crippen LogP contribution is -2.15. The van der Waals surface area contributed by atoms with Gasteiger partial charge in [-0.15, -0.1) is 0 Å². The van der Waals surface area contributed by atoms with Gasteiger partial charge in [0.15, 0.2) is 0 Å². The molecule has 0 unspecified atom stereocenters. The normalized spacial score (nSPS) is 16.1. The lowest BCUT2D eigenvalue weighted by atomic mass is 9.95.